The molecule has 2 aromatic rings. The number of para-hydroxylation sites is 2. The van der Waals surface area contributed by atoms with E-state index in [2.05, 4.69) is 17.1 Å². The van der Waals surface area contributed by atoms with Gasteiger partial charge in [-0.05, 0) is 43.3 Å². The highest BCUT2D eigenvalue weighted by atomic mass is 19.4. The zero-order valence-electron chi connectivity index (χ0n) is 15.1. The number of hydrogen-bond donors (Lipinski definition) is 2. The lowest BCUT2D eigenvalue weighted by Crippen LogP contribution is -3.14. The van der Waals surface area contributed by atoms with Gasteiger partial charge in [0.05, 0.1) is 49.7 Å². The average molecular weight is 378 g/mol. The molecule has 2 N–H and O–H groups in total. The van der Waals surface area contributed by atoms with Crippen molar-refractivity contribution in [2.75, 3.05) is 42.9 Å². The lowest BCUT2D eigenvalue weighted by molar-refractivity contribution is -0.898. The maximum atomic E-state index is 12.7. The monoisotopic (exact) mass is 378 g/mol. The maximum absolute atomic E-state index is 12.7. The molecule has 0 atom stereocenters. The number of piperazine rings is 1. The van der Waals surface area contributed by atoms with Crippen molar-refractivity contribution < 1.29 is 22.9 Å². The van der Waals surface area contributed by atoms with E-state index >= 15 is 0 Å². The molecule has 0 spiro atoms. The van der Waals surface area contributed by atoms with E-state index in [4.69, 9.17) is 0 Å². The van der Waals surface area contributed by atoms with E-state index in [9.17, 15) is 18.0 Å². The van der Waals surface area contributed by atoms with Crippen LogP contribution in [0.3, 0.4) is 0 Å². The molecule has 3 rings (SSSR count). The van der Waals surface area contributed by atoms with Crippen LogP contribution in [-0.4, -0.2) is 38.6 Å². The summed E-state index contributed by atoms with van der Waals surface area (Å²) in [5.41, 5.74) is 1.03. The van der Waals surface area contributed by atoms with Gasteiger partial charge in [-0.2, -0.15) is 13.2 Å². The molecule has 0 bridgehead atoms. The minimum Gasteiger partial charge on any atom is -0.359 e. The summed E-state index contributed by atoms with van der Waals surface area (Å²) in [6, 6.07) is 11.8. The molecule has 4 nitrogen and oxygen atoms in total. The first-order valence-electron chi connectivity index (χ1n) is 9.04. The van der Waals surface area contributed by atoms with Crippen molar-refractivity contribution >= 4 is 17.3 Å². The molecule has 1 fully saturated rings. The van der Waals surface area contributed by atoms with Gasteiger partial charge in [0, 0.05) is 5.56 Å². The van der Waals surface area contributed by atoms with Gasteiger partial charge in [-0.15, -0.1) is 0 Å². The van der Waals surface area contributed by atoms with Crippen LogP contribution in [-0.2, 0) is 6.18 Å². The van der Waals surface area contributed by atoms with E-state index in [1.807, 2.05) is 24.3 Å². The van der Waals surface area contributed by atoms with Crippen LogP contribution in [0.15, 0.2) is 48.5 Å². The quantitative estimate of drug-likeness (QED) is 0.858. The molecule has 27 heavy (non-hydrogen) atoms. The van der Waals surface area contributed by atoms with E-state index < -0.39 is 17.6 Å². The van der Waals surface area contributed by atoms with Crippen molar-refractivity contribution in [1.29, 1.82) is 0 Å². The van der Waals surface area contributed by atoms with Gasteiger partial charge in [0.25, 0.3) is 5.91 Å². The van der Waals surface area contributed by atoms with E-state index in [-0.39, 0.29) is 5.56 Å². The third-order valence-electron chi connectivity index (χ3n) is 4.94. The molecular formula is C20H23F3N3O+. The first kappa shape index (κ1) is 19.2. The molecule has 0 radical (unpaired) electrons. The third kappa shape index (κ3) is 4.60. The summed E-state index contributed by atoms with van der Waals surface area (Å²) in [4.78, 5) is 16.3. The van der Waals surface area contributed by atoms with Gasteiger partial charge in [-0.3, -0.25) is 4.79 Å². The van der Waals surface area contributed by atoms with Gasteiger partial charge in [0.1, 0.15) is 0 Å². The number of benzene rings is 2. The van der Waals surface area contributed by atoms with Gasteiger partial charge >= 0.3 is 6.18 Å². The largest absolute Gasteiger partial charge is 0.416 e. The summed E-state index contributed by atoms with van der Waals surface area (Å²) in [5.74, 6) is -0.422. The second-order valence-corrected chi connectivity index (χ2v) is 6.64. The number of rotatable bonds is 4. The summed E-state index contributed by atoms with van der Waals surface area (Å²) < 4.78 is 38.0. The summed E-state index contributed by atoms with van der Waals surface area (Å²) in [6.07, 6.45) is -4.41. The van der Waals surface area contributed by atoms with Gasteiger partial charge < -0.3 is 15.1 Å². The van der Waals surface area contributed by atoms with Crippen molar-refractivity contribution in [3.05, 3.63) is 59.7 Å². The van der Waals surface area contributed by atoms with Crippen LogP contribution in [0.5, 0.6) is 0 Å². The summed E-state index contributed by atoms with van der Waals surface area (Å²) >= 11 is 0. The molecule has 0 aromatic heterocycles. The fourth-order valence-electron chi connectivity index (χ4n) is 3.28. The molecule has 1 heterocycles. The van der Waals surface area contributed by atoms with E-state index in [0.717, 1.165) is 50.5 Å². The highest BCUT2D eigenvalue weighted by Gasteiger charge is 2.30. The number of carbonyl (C=O) groups is 1. The van der Waals surface area contributed by atoms with Crippen LogP contribution in [0.2, 0.25) is 0 Å². The van der Waals surface area contributed by atoms with Gasteiger partial charge in [-0.1, -0.05) is 12.1 Å². The number of amides is 1. The first-order chi connectivity index (χ1) is 12.9. The fraction of sp³-hybridized carbons (Fsp3) is 0.350. The molecule has 0 aliphatic carbocycles. The molecular weight excluding hydrogens is 355 g/mol. The Morgan fingerprint density at radius 3 is 2.30 bits per heavy atom. The Bertz CT molecular complexity index is 782. The number of nitrogens with one attached hydrogen (secondary N) is 2. The van der Waals surface area contributed by atoms with Crippen molar-refractivity contribution in [2.24, 2.45) is 0 Å². The van der Waals surface area contributed by atoms with Gasteiger partial charge in [0.2, 0.25) is 0 Å². The number of alkyl halides is 3. The number of nitrogens with zero attached hydrogens (tertiary/aromatic N) is 1. The predicted octanol–water partition coefficient (Wildman–Crippen LogP) is 2.68. The number of carbonyl (C=O) groups excluding carboxylic acids is 1. The van der Waals surface area contributed by atoms with Crippen LogP contribution in [0.4, 0.5) is 24.5 Å². The Hall–Kier alpha value is -2.54. The molecule has 1 aliphatic heterocycles. The third-order valence-corrected chi connectivity index (χ3v) is 4.94. The Balaban J connectivity index is 1.73. The van der Waals surface area contributed by atoms with Crippen LogP contribution in [0.1, 0.15) is 22.8 Å². The molecule has 1 saturated heterocycles. The van der Waals surface area contributed by atoms with E-state index in [1.165, 1.54) is 12.1 Å². The average Bonchev–Trinajstić information content (AvgIpc) is 2.68. The smallest absolute Gasteiger partial charge is 0.359 e. The standard InChI is InChI=1S/C20H22F3N3O/c1-2-25-11-13-26(14-12-25)18-6-4-3-5-17(18)24-19(27)15-7-9-16(10-8-15)20(21,22)23/h3-10H,2,11-14H2,1H3,(H,24,27)/p+1. The minimum absolute atomic E-state index is 0.193. The zero-order chi connectivity index (χ0) is 19.4. The molecule has 1 aliphatic rings. The van der Waals surface area contributed by atoms with Crippen LogP contribution >= 0.6 is 0 Å². The normalized spacial score (nSPS) is 15.6. The number of anilines is 2. The number of halogens is 3. The van der Waals surface area contributed by atoms with Crippen molar-refractivity contribution in [3.63, 3.8) is 0 Å². The second kappa shape index (κ2) is 8.00. The SMILES string of the molecule is CC[NH+]1CCN(c2ccccc2NC(=O)c2ccc(C(F)(F)F)cc2)CC1. The molecule has 0 unspecified atom stereocenters. The molecule has 2 aromatic carbocycles. The summed E-state index contributed by atoms with van der Waals surface area (Å²) in [7, 11) is 0. The lowest BCUT2D eigenvalue weighted by Gasteiger charge is -2.34. The molecule has 0 saturated carbocycles. The Labute approximate surface area is 156 Å². The van der Waals surface area contributed by atoms with Crippen molar-refractivity contribution in [3.8, 4) is 0 Å². The Kier molecular flexibility index (Phi) is 5.70. The number of likely N-dealkylation sites (N-methyl/N-ethyl adjacent to an activating group) is 1. The summed E-state index contributed by atoms with van der Waals surface area (Å²) in [6.45, 7) is 7.14. The van der Waals surface area contributed by atoms with E-state index in [0.29, 0.717) is 5.69 Å². The predicted molar refractivity (Wildman–Crippen MR) is 99.3 cm³/mol. The Morgan fingerprint density at radius 2 is 1.70 bits per heavy atom. The van der Waals surface area contributed by atoms with E-state index in [1.54, 1.807) is 4.90 Å². The van der Waals surface area contributed by atoms with Crippen LogP contribution < -0.4 is 15.1 Å². The maximum Gasteiger partial charge on any atom is 0.416 e. The summed E-state index contributed by atoms with van der Waals surface area (Å²) in [5, 5.41) is 2.84. The first-order valence-corrected chi connectivity index (χ1v) is 9.04. The van der Waals surface area contributed by atoms with Gasteiger partial charge in [0.15, 0.2) is 0 Å². The molecule has 144 valence electrons. The Morgan fingerprint density at radius 1 is 1.07 bits per heavy atom. The lowest BCUT2D eigenvalue weighted by atomic mass is 10.1. The minimum atomic E-state index is -4.41. The van der Waals surface area contributed by atoms with Crippen LogP contribution in [0, 0.1) is 0 Å². The fourth-order valence-corrected chi connectivity index (χ4v) is 3.28. The van der Waals surface area contributed by atoms with Crippen LogP contribution in [0.25, 0.3) is 0 Å². The number of quaternary nitrogens is 1. The topological polar surface area (TPSA) is 36.8 Å². The second-order valence-electron chi connectivity index (χ2n) is 6.64. The van der Waals surface area contributed by atoms with Crippen molar-refractivity contribution in [2.45, 2.75) is 13.1 Å². The molecule has 7 heteroatoms. The highest BCUT2D eigenvalue weighted by molar-refractivity contribution is 6.06. The molecule has 1 amide bonds. The van der Waals surface area contributed by atoms with Gasteiger partial charge in [-0.25, -0.2) is 0 Å². The zero-order valence-corrected chi connectivity index (χ0v) is 15.1. The number of hydrogen-bond acceptors (Lipinski definition) is 2. The van der Waals surface area contributed by atoms with Crippen molar-refractivity contribution in [1.82, 2.24) is 0 Å². The highest BCUT2D eigenvalue weighted by Crippen LogP contribution is 2.30.